The Hall–Kier alpha value is -0.680. The molecular formula is C16H21BrN2S. The van der Waals surface area contributed by atoms with Crippen LogP contribution in [0, 0.1) is 0 Å². The molecule has 1 aromatic carbocycles. The van der Waals surface area contributed by atoms with E-state index in [9.17, 15) is 0 Å². The fourth-order valence-corrected chi connectivity index (χ4v) is 3.71. The van der Waals surface area contributed by atoms with Crippen LogP contribution in [0.1, 0.15) is 42.8 Å². The Morgan fingerprint density at radius 2 is 1.85 bits per heavy atom. The molecule has 1 atom stereocenters. The lowest BCUT2D eigenvalue weighted by Crippen LogP contribution is -2.29. The molecule has 0 bridgehead atoms. The molecule has 3 N–H and O–H groups in total. The van der Waals surface area contributed by atoms with Crippen molar-refractivity contribution in [2.24, 2.45) is 5.84 Å². The molecule has 108 valence electrons. The number of hydrogen-bond acceptors (Lipinski definition) is 3. The number of nitrogens with two attached hydrogens (primary N) is 1. The average Bonchev–Trinajstić information content (AvgIpc) is 2.80. The number of benzene rings is 1. The molecule has 0 radical (unpaired) electrons. The van der Waals surface area contributed by atoms with Gasteiger partial charge in [-0.15, -0.1) is 11.3 Å². The maximum Gasteiger partial charge on any atom is 0.0508 e. The van der Waals surface area contributed by atoms with Gasteiger partial charge in [0.2, 0.25) is 0 Å². The fraction of sp³-hybridized carbons (Fsp3) is 0.375. The van der Waals surface area contributed by atoms with E-state index in [0.717, 1.165) is 10.9 Å². The largest absolute Gasteiger partial charge is 0.271 e. The predicted molar refractivity (Wildman–Crippen MR) is 90.9 cm³/mol. The Morgan fingerprint density at radius 3 is 2.30 bits per heavy atom. The molecule has 4 heteroatoms. The van der Waals surface area contributed by atoms with Crippen LogP contribution < -0.4 is 11.3 Å². The summed E-state index contributed by atoms with van der Waals surface area (Å²) in [6, 6.07) is 11.0. The molecule has 2 nitrogen and oxygen atoms in total. The topological polar surface area (TPSA) is 38.0 Å². The number of rotatable bonds is 4. The Labute approximate surface area is 133 Å². The van der Waals surface area contributed by atoms with Crippen molar-refractivity contribution in [2.75, 3.05) is 0 Å². The highest BCUT2D eigenvalue weighted by Crippen LogP contribution is 2.29. The summed E-state index contributed by atoms with van der Waals surface area (Å²) in [4.78, 5) is 1.31. The summed E-state index contributed by atoms with van der Waals surface area (Å²) in [5.41, 5.74) is 5.67. The van der Waals surface area contributed by atoms with Crippen molar-refractivity contribution < 1.29 is 0 Å². The number of hydrazine groups is 1. The van der Waals surface area contributed by atoms with Crippen LogP contribution in [0.3, 0.4) is 0 Å². The quantitative estimate of drug-likeness (QED) is 0.625. The summed E-state index contributed by atoms with van der Waals surface area (Å²) in [7, 11) is 0. The third-order valence-corrected chi connectivity index (χ3v) is 5.41. The van der Waals surface area contributed by atoms with Gasteiger partial charge in [0.05, 0.1) is 6.04 Å². The maximum atomic E-state index is 5.73. The molecule has 20 heavy (non-hydrogen) atoms. The smallest absolute Gasteiger partial charge is 0.0508 e. The lowest BCUT2D eigenvalue weighted by molar-refractivity contribution is 0.552. The van der Waals surface area contributed by atoms with Crippen LogP contribution in [-0.4, -0.2) is 0 Å². The molecule has 0 aliphatic rings. The molecule has 1 heterocycles. The van der Waals surface area contributed by atoms with Crippen LogP contribution >= 0.6 is 27.3 Å². The van der Waals surface area contributed by atoms with Gasteiger partial charge in [-0.1, -0.05) is 45.0 Å². The van der Waals surface area contributed by atoms with Crippen LogP contribution in [0.15, 0.2) is 40.2 Å². The van der Waals surface area contributed by atoms with Gasteiger partial charge >= 0.3 is 0 Å². The van der Waals surface area contributed by atoms with E-state index in [1.807, 2.05) is 0 Å². The lowest BCUT2D eigenvalue weighted by atomic mass is 9.86. The molecule has 0 saturated carbocycles. The van der Waals surface area contributed by atoms with E-state index >= 15 is 0 Å². The summed E-state index contributed by atoms with van der Waals surface area (Å²) in [6.45, 7) is 6.68. The van der Waals surface area contributed by atoms with Gasteiger partial charge in [-0.3, -0.25) is 11.3 Å². The van der Waals surface area contributed by atoms with E-state index in [2.05, 4.69) is 77.8 Å². The van der Waals surface area contributed by atoms with E-state index in [0.29, 0.717) is 0 Å². The summed E-state index contributed by atoms with van der Waals surface area (Å²) < 4.78 is 1.16. The second-order valence-electron chi connectivity index (χ2n) is 5.99. The maximum absolute atomic E-state index is 5.73. The first-order chi connectivity index (χ1) is 9.41. The molecule has 2 rings (SSSR count). The number of halogens is 1. The number of nitrogens with one attached hydrogen (secondary N) is 1. The molecule has 0 spiro atoms. The van der Waals surface area contributed by atoms with Crippen LogP contribution in [-0.2, 0) is 11.8 Å². The van der Waals surface area contributed by atoms with Crippen molar-refractivity contribution in [1.82, 2.24) is 5.43 Å². The Kier molecular flexibility index (Phi) is 5.02. The minimum absolute atomic E-state index is 0.138. The molecule has 0 saturated heterocycles. The second-order valence-corrected chi connectivity index (χ2v) is 7.84. The summed E-state index contributed by atoms with van der Waals surface area (Å²) in [5.74, 6) is 5.73. The third kappa shape index (κ3) is 3.70. The zero-order valence-corrected chi connectivity index (χ0v) is 14.5. The first-order valence-electron chi connectivity index (χ1n) is 6.70. The molecule has 0 aliphatic heterocycles. The normalized spacial score (nSPS) is 13.4. The first-order valence-corrected chi connectivity index (χ1v) is 8.37. The van der Waals surface area contributed by atoms with Gasteiger partial charge < -0.3 is 0 Å². The Bertz CT molecular complexity index is 555. The van der Waals surface area contributed by atoms with E-state index < -0.39 is 0 Å². The van der Waals surface area contributed by atoms with Gasteiger partial charge in [0.15, 0.2) is 0 Å². The van der Waals surface area contributed by atoms with Gasteiger partial charge in [0, 0.05) is 15.8 Å². The molecule has 2 aromatic rings. The van der Waals surface area contributed by atoms with Crippen LogP contribution in [0.2, 0.25) is 0 Å². The van der Waals surface area contributed by atoms with Gasteiger partial charge in [0.25, 0.3) is 0 Å². The predicted octanol–water partition coefficient (Wildman–Crippen LogP) is 4.56. The molecule has 1 unspecified atom stereocenters. The molecule has 0 fully saturated rings. The number of hydrogen-bond donors (Lipinski definition) is 2. The highest BCUT2D eigenvalue weighted by atomic mass is 79.9. The van der Waals surface area contributed by atoms with Crippen molar-refractivity contribution >= 4 is 27.3 Å². The van der Waals surface area contributed by atoms with E-state index in [4.69, 9.17) is 5.84 Å². The molecular weight excluding hydrogens is 332 g/mol. The highest BCUT2D eigenvalue weighted by molar-refractivity contribution is 9.10. The van der Waals surface area contributed by atoms with Crippen molar-refractivity contribution in [3.05, 3.63) is 56.2 Å². The van der Waals surface area contributed by atoms with E-state index in [1.165, 1.54) is 16.0 Å². The minimum atomic E-state index is 0.138. The first kappa shape index (κ1) is 15.7. The van der Waals surface area contributed by atoms with Crippen LogP contribution in [0.5, 0.6) is 0 Å². The standard InChI is InChI=1S/C16H21BrN2S/c1-16(2,3)12-6-4-11(5-7-12)14(19-18)10-15-13(17)8-9-20-15/h4-9,14,19H,10,18H2,1-3H3. The van der Waals surface area contributed by atoms with Crippen molar-refractivity contribution in [3.63, 3.8) is 0 Å². The van der Waals surface area contributed by atoms with Gasteiger partial charge in [-0.05, 0) is 43.9 Å². The molecule has 1 aromatic heterocycles. The average molecular weight is 353 g/mol. The highest BCUT2D eigenvalue weighted by Gasteiger charge is 2.16. The van der Waals surface area contributed by atoms with Gasteiger partial charge in [0.1, 0.15) is 0 Å². The molecule has 0 amide bonds. The second kappa shape index (κ2) is 6.39. The Morgan fingerprint density at radius 1 is 1.20 bits per heavy atom. The monoisotopic (exact) mass is 352 g/mol. The van der Waals surface area contributed by atoms with E-state index in [-0.39, 0.29) is 11.5 Å². The lowest BCUT2D eigenvalue weighted by Gasteiger charge is -2.21. The Balaban J connectivity index is 2.18. The zero-order chi connectivity index (χ0) is 14.8. The van der Waals surface area contributed by atoms with Crippen LogP contribution in [0.25, 0.3) is 0 Å². The fourth-order valence-electron chi connectivity index (χ4n) is 2.14. The van der Waals surface area contributed by atoms with E-state index in [1.54, 1.807) is 11.3 Å². The third-order valence-electron chi connectivity index (χ3n) is 3.46. The summed E-state index contributed by atoms with van der Waals surface area (Å²) in [5, 5.41) is 2.09. The van der Waals surface area contributed by atoms with Gasteiger partial charge in [-0.2, -0.15) is 0 Å². The van der Waals surface area contributed by atoms with Crippen molar-refractivity contribution in [3.8, 4) is 0 Å². The number of thiophene rings is 1. The van der Waals surface area contributed by atoms with Crippen molar-refractivity contribution in [1.29, 1.82) is 0 Å². The zero-order valence-electron chi connectivity index (χ0n) is 12.1. The minimum Gasteiger partial charge on any atom is -0.271 e. The van der Waals surface area contributed by atoms with Crippen LogP contribution in [0.4, 0.5) is 0 Å². The SMILES string of the molecule is CC(C)(C)c1ccc(C(Cc2sccc2Br)NN)cc1. The van der Waals surface area contributed by atoms with Gasteiger partial charge in [-0.25, -0.2) is 0 Å². The summed E-state index contributed by atoms with van der Waals surface area (Å²) in [6.07, 6.45) is 0.892. The molecule has 0 aliphatic carbocycles. The van der Waals surface area contributed by atoms with Crippen molar-refractivity contribution in [2.45, 2.75) is 38.6 Å². The summed E-state index contributed by atoms with van der Waals surface area (Å²) >= 11 is 5.33.